The Balaban J connectivity index is 2.15. The average Bonchev–Trinajstić information content (AvgIpc) is 2.47. The van der Waals surface area contributed by atoms with Crippen LogP contribution in [0.5, 0.6) is 0 Å². The Morgan fingerprint density at radius 3 is 2.57 bits per heavy atom. The number of carbonyl (C=O) groups is 1. The van der Waals surface area contributed by atoms with Crippen LogP contribution in [0.2, 0.25) is 0 Å². The van der Waals surface area contributed by atoms with Crippen LogP contribution in [0.25, 0.3) is 0 Å². The van der Waals surface area contributed by atoms with E-state index in [2.05, 4.69) is 5.16 Å². The van der Waals surface area contributed by atoms with Crippen LogP contribution >= 0.6 is 0 Å². The minimum absolute atomic E-state index is 0.0458. The highest BCUT2D eigenvalue weighted by atomic mass is 16.7. The Morgan fingerprint density at radius 1 is 1.38 bits per heavy atom. The molecule has 8 heteroatoms. The molecule has 1 aromatic rings. The van der Waals surface area contributed by atoms with Gasteiger partial charge in [0.25, 0.3) is 17.3 Å². The molecule has 2 rings (SSSR count). The summed E-state index contributed by atoms with van der Waals surface area (Å²) in [7, 11) is 0. The number of carbonyl (C=O) groups excluding carboxylic acids is 1. The van der Waals surface area contributed by atoms with E-state index in [0.717, 1.165) is 0 Å². The third kappa shape index (κ3) is 3.16. The summed E-state index contributed by atoms with van der Waals surface area (Å²) in [5.41, 5.74) is 0.443. The van der Waals surface area contributed by atoms with Crippen LogP contribution < -0.4 is 0 Å². The van der Waals surface area contributed by atoms with Crippen molar-refractivity contribution in [2.24, 2.45) is 5.16 Å². The van der Waals surface area contributed by atoms with Crippen LogP contribution in [0, 0.1) is 10.1 Å². The first-order chi connectivity index (χ1) is 10.0. The number of esters is 1. The van der Waals surface area contributed by atoms with Crippen molar-refractivity contribution in [3.8, 4) is 0 Å². The summed E-state index contributed by atoms with van der Waals surface area (Å²) >= 11 is 0. The quantitative estimate of drug-likeness (QED) is 0.478. The van der Waals surface area contributed by atoms with Gasteiger partial charge in [0.2, 0.25) is 0 Å². The second-order valence-corrected chi connectivity index (χ2v) is 4.00. The summed E-state index contributed by atoms with van der Waals surface area (Å²) in [5, 5.41) is 14.3. The number of nitrogens with zero attached hydrogens (tertiary/aromatic N) is 2. The maximum atomic E-state index is 11.5. The van der Waals surface area contributed by atoms with Crippen LogP contribution in [0.4, 0.5) is 5.69 Å². The molecule has 0 atom stereocenters. The lowest BCUT2D eigenvalue weighted by atomic mass is 10.2. The topological polar surface area (TPSA) is 100 Å². The summed E-state index contributed by atoms with van der Waals surface area (Å²) in [6.07, 6.45) is 0. The number of hydrogen-bond donors (Lipinski definition) is 0. The van der Waals surface area contributed by atoms with Crippen molar-refractivity contribution >= 4 is 17.6 Å². The highest BCUT2D eigenvalue weighted by molar-refractivity contribution is 5.96. The fourth-order valence-corrected chi connectivity index (χ4v) is 1.58. The summed E-state index contributed by atoms with van der Waals surface area (Å²) in [5.74, 6) is -0.476. The number of allylic oxidation sites excluding steroid dienone is 1. The molecule has 0 amide bonds. The van der Waals surface area contributed by atoms with Crippen LogP contribution in [0.3, 0.4) is 0 Å². The van der Waals surface area contributed by atoms with E-state index in [1.807, 2.05) is 0 Å². The molecule has 110 valence electrons. The van der Waals surface area contributed by atoms with Gasteiger partial charge in [0.05, 0.1) is 11.5 Å². The number of non-ortho nitro benzene ring substituents is 1. The van der Waals surface area contributed by atoms with Crippen molar-refractivity contribution in [2.45, 2.75) is 13.8 Å². The summed E-state index contributed by atoms with van der Waals surface area (Å²) < 4.78 is 10.2. The van der Waals surface area contributed by atoms with Gasteiger partial charge in [-0.1, -0.05) is 0 Å². The maximum absolute atomic E-state index is 11.5. The monoisotopic (exact) mass is 292 g/mol. The van der Waals surface area contributed by atoms with Crippen LogP contribution in [0.1, 0.15) is 19.4 Å². The smallest absolute Gasteiger partial charge is 0.380 e. The number of nitro groups is 1. The number of rotatable bonds is 4. The van der Waals surface area contributed by atoms with Gasteiger partial charge < -0.3 is 14.3 Å². The predicted octanol–water partition coefficient (Wildman–Crippen LogP) is 2.10. The standard InChI is InChI=1S/C13H12N2O6/c1-3-19-13(16)11-8(2)20-12(14-21-11)9-4-6-10(7-5-9)15(17)18/h4-7H,3H2,1-2H3. The molecule has 0 aliphatic carbocycles. The van der Waals surface area contributed by atoms with Gasteiger partial charge in [-0.2, -0.15) is 0 Å². The normalized spacial score (nSPS) is 13.9. The van der Waals surface area contributed by atoms with Gasteiger partial charge in [-0.05, 0) is 31.1 Å². The SMILES string of the molecule is CCOC(=O)C1=C(C)OC(c2ccc([N+](=O)[O-])cc2)=NO1. The molecule has 1 aliphatic rings. The second-order valence-electron chi connectivity index (χ2n) is 4.00. The maximum Gasteiger partial charge on any atom is 0.380 e. The zero-order valence-electron chi connectivity index (χ0n) is 11.4. The Morgan fingerprint density at radius 2 is 2.05 bits per heavy atom. The van der Waals surface area contributed by atoms with Gasteiger partial charge in [0, 0.05) is 17.7 Å². The fourth-order valence-electron chi connectivity index (χ4n) is 1.58. The van der Waals surface area contributed by atoms with Gasteiger partial charge in [-0.25, -0.2) is 4.79 Å². The molecular formula is C13H12N2O6. The van der Waals surface area contributed by atoms with E-state index in [4.69, 9.17) is 14.3 Å². The molecule has 1 heterocycles. The van der Waals surface area contributed by atoms with E-state index < -0.39 is 10.9 Å². The molecule has 0 saturated carbocycles. The highest BCUT2D eigenvalue weighted by Gasteiger charge is 2.25. The van der Waals surface area contributed by atoms with Gasteiger partial charge in [-0.15, -0.1) is 0 Å². The average molecular weight is 292 g/mol. The molecule has 0 saturated heterocycles. The van der Waals surface area contributed by atoms with Crippen LogP contribution in [-0.4, -0.2) is 23.4 Å². The van der Waals surface area contributed by atoms with Crippen LogP contribution in [-0.2, 0) is 19.1 Å². The molecule has 0 N–H and O–H groups in total. The highest BCUT2D eigenvalue weighted by Crippen LogP contribution is 2.20. The molecule has 0 radical (unpaired) electrons. The Kier molecular flexibility index (Phi) is 4.17. The molecular weight excluding hydrogens is 280 g/mol. The first-order valence-corrected chi connectivity index (χ1v) is 6.08. The van der Waals surface area contributed by atoms with Gasteiger partial charge in [0.1, 0.15) is 0 Å². The van der Waals surface area contributed by atoms with Crippen molar-refractivity contribution < 1.29 is 24.0 Å². The Hall–Kier alpha value is -2.90. The second kappa shape index (κ2) is 6.04. The third-order valence-electron chi connectivity index (χ3n) is 2.58. The Labute approximate surface area is 119 Å². The summed E-state index contributed by atoms with van der Waals surface area (Å²) in [4.78, 5) is 26.6. The first kappa shape index (κ1) is 14.5. The first-order valence-electron chi connectivity index (χ1n) is 6.08. The zero-order valence-corrected chi connectivity index (χ0v) is 11.4. The number of hydrogen-bond acceptors (Lipinski definition) is 7. The van der Waals surface area contributed by atoms with Gasteiger partial charge >= 0.3 is 5.97 Å². The number of nitro benzene ring substituents is 1. The largest absolute Gasteiger partial charge is 0.460 e. The molecule has 0 unspecified atom stereocenters. The number of benzene rings is 1. The minimum atomic E-state index is -0.665. The molecule has 21 heavy (non-hydrogen) atoms. The van der Waals surface area contributed by atoms with Crippen molar-refractivity contribution in [1.29, 1.82) is 0 Å². The van der Waals surface area contributed by atoms with E-state index in [1.165, 1.54) is 31.2 Å². The van der Waals surface area contributed by atoms with Crippen molar-refractivity contribution in [2.75, 3.05) is 6.61 Å². The fraction of sp³-hybridized carbons (Fsp3) is 0.231. The molecule has 8 nitrogen and oxygen atoms in total. The van der Waals surface area contributed by atoms with Crippen molar-refractivity contribution in [3.05, 3.63) is 51.5 Å². The lowest BCUT2D eigenvalue weighted by Crippen LogP contribution is -2.19. The molecule has 0 aromatic heterocycles. The van der Waals surface area contributed by atoms with E-state index in [-0.39, 0.29) is 29.7 Å². The predicted molar refractivity (Wildman–Crippen MR) is 71.1 cm³/mol. The van der Waals surface area contributed by atoms with E-state index in [0.29, 0.717) is 5.56 Å². The van der Waals surface area contributed by atoms with E-state index in [9.17, 15) is 14.9 Å². The molecule has 0 spiro atoms. The van der Waals surface area contributed by atoms with Crippen molar-refractivity contribution in [1.82, 2.24) is 0 Å². The molecule has 0 bridgehead atoms. The van der Waals surface area contributed by atoms with Gasteiger partial charge in [0.15, 0.2) is 5.76 Å². The summed E-state index contributed by atoms with van der Waals surface area (Å²) in [6, 6.07) is 5.59. The van der Waals surface area contributed by atoms with Crippen molar-refractivity contribution in [3.63, 3.8) is 0 Å². The van der Waals surface area contributed by atoms with E-state index in [1.54, 1.807) is 6.92 Å². The number of ether oxygens (including phenoxy) is 2. The van der Waals surface area contributed by atoms with Gasteiger partial charge in [-0.3, -0.25) is 10.1 Å². The molecule has 1 aromatic carbocycles. The lowest BCUT2D eigenvalue weighted by Gasteiger charge is -2.16. The summed E-state index contributed by atoms with van der Waals surface area (Å²) in [6.45, 7) is 3.41. The minimum Gasteiger partial charge on any atom is -0.460 e. The zero-order chi connectivity index (χ0) is 15.4. The molecule has 0 fully saturated rings. The molecule has 1 aliphatic heterocycles. The van der Waals surface area contributed by atoms with Crippen LogP contribution in [0.15, 0.2) is 40.9 Å². The third-order valence-corrected chi connectivity index (χ3v) is 2.58. The van der Waals surface area contributed by atoms with E-state index >= 15 is 0 Å². The lowest BCUT2D eigenvalue weighted by molar-refractivity contribution is -0.384. The Bertz CT molecular complexity index is 633. The number of oxime groups is 1.